The predicted molar refractivity (Wildman–Crippen MR) is 67.9 cm³/mol. The van der Waals surface area contributed by atoms with Crippen molar-refractivity contribution in [1.82, 2.24) is 10.1 Å². The summed E-state index contributed by atoms with van der Waals surface area (Å²) >= 11 is 0. The van der Waals surface area contributed by atoms with Crippen molar-refractivity contribution in [2.75, 3.05) is 0 Å². The van der Waals surface area contributed by atoms with Gasteiger partial charge in [0, 0.05) is 11.5 Å². The molecule has 4 nitrogen and oxygen atoms in total. The molecule has 18 heavy (non-hydrogen) atoms. The predicted octanol–water partition coefficient (Wildman–Crippen LogP) is 3.43. The van der Waals surface area contributed by atoms with Crippen molar-refractivity contribution in [2.24, 2.45) is 0 Å². The van der Waals surface area contributed by atoms with Gasteiger partial charge in [-0.05, 0) is 37.1 Å². The fourth-order valence-corrected chi connectivity index (χ4v) is 1.70. The van der Waals surface area contributed by atoms with E-state index in [2.05, 4.69) is 30.1 Å². The summed E-state index contributed by atoms with van der Waals surface area (Å²) in [5, 5.41) is 12.8. The van der Waals surface area contributed by atoms with Crippen LogP contribution in [-0.2, 0) is 0 Å². The molecule has 1 atom stereocenters. The molecule has 0 saturated heterocycles. The van der Waals surface area contributed by atoms with Crippen LogP contribution in [0.4, 0.5) is 0 Å². The molecule has 1 unspecified atom stereocenters. The second-order valence-corrected chi connectivity index (χ2v) is 4.41. The largest absolute Gasteiger partial charge is 0.334 e. The van der Waals surface area contributed by atoms with Crippen LogP contribution >= 0.6 is 0 Å². The van der Waals surface area contributed by atoms with Gasteiger partial charge in [0.15, 0.2) is 5.82 Å². The highest BCUT2D eigenvalue weighted by molar-refractivity contribution is 5.60. The van der Waals surface area contributed by atoms with Crippen molar-refractivity contribution in [3.05, 3.63) is 35.2 Å². The van der Waals surface area contributed by atoms with E-state index in [-0.39, 0.29) is 0 Å². The SMILES string of the molecule is CCC(C)c1noc(-c2ccc(C#N)cc2C)n1. The lowest BCUT2D eigenvalue weighted by atomic mass is 10.1. The first kappa shape index (κ1) is 12.3. The van der Waals surface area contributed by atoms with Crippen LogP contribution in [0.3, 0.4) is 0 Å². The molecule has 0 aliphatic carbocycles. The zero-order valence-corrected chi connectivity index (χ0v) is 10.8. The summed E-state index contributed by atoms with van der Waals surface area (Å²) in [6.45, 7) is 6.09. The molecule has 0 N–H and O–H groups in total. The Morgan fingerprint density at radius 3 is 2.83 bits per heavy atom. The van der Waals surface area contributed by atoms with Crippen LogP contribution in [0.1, 0.15) is 43.1 Å². The van der Waals surface area contributed by atoms with Crippen molar-refractivity contribution in [3.8, 4) is 17.5 Å². The van der Waals surface area contributed by atoms with E-state index in [0.717, 1.165) is 23.4 Å². The van der Waals surface area contributed by atoms with Gasteiger partial charge in [-0.15, -0.1) is 0 Å². The summed E-state index contributed by atoms with van der Waals surface area (Å²) < 4.78 is 5.28. The lowest BCUT2D eigenvalue weighted by Gasteiger charge is -2.01. The van der Waals surface area contributed by atoms with E-state index in [9.17, 15) is 0 Å². The van der Waals surface area contributed by atoms with Crippen LogP contribution in [-0.4, -0.2) is 10.1 Å². The molecule has 0 aliphatic heterocycles. The molecule has 0 fully saturated rings. The van der Waals surface area contributed by atoms with E-state index in [1.165, 1.54) is 0 Å². The van der Waals surface area contributed by atoms with Crippen LogP contribution in [0, 0.1) is 18.3 Å². The minimum absolute atomic E-state index is 0.293. The molecule has 1 aromatic heterocycles. The van der Waals surface area contributed by atoms with E-state index < -0.39 is 0 Å². The summed E-state index contributed by atoms with van der Waals surface area (Å²) in [6, 6.07) is 7.54. The zero-order valence-electron chi connectivity index (χ0n) is 10.8. The fraction of sp³-hybridized carbons (Fsp3) is 0.357. The minimum atomic E-state index is 0.293. The minimum Gasteiger partial charge on any atom is -0.334 e. The van der Waals surface area contributed by atoms with Crippen LogP contribution in [0.25, 0.3) is 11.5 Å². The topological polar surface area (TPSA) is 62.7 Å². The van der Waals surface area contributed by atoms with Crippen LogP contribution < -0.4 is 0 Å². The second-order valence-electron chi connectivity index (χ2n) is 4.41. The van der Waals surface area contributed by atoms with Crippen LogP contribution in [0.15, 0.2) is 22.7 Å². The third-order valence-electron chi connectivity index (χ3n) is 3.08. The first-order valence-corrected chi connectivity index (χ1v) is 6.00. The molecule has 0 saturated carbocycles. The van der Waals surface area contributed by atoms with Crippen LogP contribution in [0.5, 0.6) is 0 Å². The normalized spacial score (nSPS) is 12.1. The number of aromatic nitrogens is 2. The van der Waals surface area contributed by atoms with Crippen molar-refractivity contribution in [3.63, 3.8) is 0 Å². The molecule has 1 heterocycles. The molecular weight excluding hydrogens is 226 g/mol. The lowest BCUT2D eigenvalue weighted by Crippen LogP contribution is -1.93. The number of aryl methyl sites for hydroxylation is 1. The Labute approximate surface area is 106 Å². The highest BCUT2D eigenvalue weighted by Gasteiger charge is 2.14. The number of hydrogen-bond acceptors (Lipinski definition) is 4. The Hall–Kier alpha value is -2.15. The number of benzene rings is 1. The van der Waals surface area contributed by atoms with E-state index in [1.807, 2.05) is 19.1 Å². The number of nitrogens with zero attached hydrogens (tertiary/aromatic N) is 3. The Balaban J connectivity index is 2.38. The van der Waals surface area contributed by atoms with Gasteiger partial charge in [0.1, 0.15) is 0 Å². The summed E-state index contributed by atoms with van der Waals surface area (Å²) in [6.07, 6.45) is 0.978. The van der Waals surface area contributed by atoms with Crippen LogP contribution in [0.2, 0.25) is 0 Å². The van der Waals surface area contributed by atoms with Crippen molar-refractivity contribution in [2.45, 2.75) is 33.1 Å². The lowest BCUT2D eigenvalue weighted by molar-refractivity contribution is 0.416. The average Bonchev–Trinajstić information content (AvgIpc) is 2.87. The number of rotatable bonds is 3. The number of nitriles is 1. The van der Waals surface area contributed by atoms with Gasteiger partial charge in [0.2, 0.25) is 0 Å². The molecule has 0 spiro atoms. The third kappa shape index (κ3) is 2.25. The van der Waals surface area contributed by atoms with Gasteiger partial charge >= 0.3 is 0 Å². The monoisotopic (exact) mass is 241 g/mol. The molecule has 0 amide bonds. The highest BCUT2D eigenvalue weighted by Crippen LogP contribution is 2.24. The van der Waals surface area contributed by atoms with Gasteiger partial charge in [-0.25, -0.2) is 0 Å². The van der Waals surface area contributed by atoms with E-state index >= 15 is 0 Å². The van der Waals surface area contributed by atoms with Crippen molar-refractivity contribution < 1.29 is 4.52 Å². The molecule has 4 heteroatoms. The maximum atomic E-state index is 8.83. The van der Waals surface area contributed by atoms with E-state index in [4.69, 9.17) is 9.78 Å². The Morgan fingerprint density at radius 1 is 1.44 bits per heavy atom. The van der Waals surface area contributed by atoms with Gasteiger partial charge < -0.3 is 4.52 Å². The second kappa shape index (κ2) is 5.01. The average molecular weight is 241 g/mol. The molecular formula is C14H15N3O. The molecule has 2 rings (SSSR count). The summed E-state index contributed by atoms with van der Waals surface area (Å²) in [5.41, 5.74) is 2.49. The standard InChI is InChI=1S/C14H15N3O/c1-4-9(2)13-16-14(18-17-13)12-6-5-11(8-15)7-10(12)3/h5-7,9H,4H2,1-3H3. The van der Waals surface area contributed by atoms with Gasteiger partial charge in [-0.1, -0.05) is 19.0 Å². The summed E-state index contributed by atoms with van der Waals surface area (Å²) in [4.78, 5) is 4.41. The van der Waals surface area contributed by atoms with Gasteiger partial charge in [-0.2, -0.15) is 10.2 Å². The van der Waals surface area contributed by atoms with Gasteiger partial charge in [0.25, 0.3) is 5.89 Å². The quantitative estimate of drug-likeness (QED) is 0.825. The molecule has 2 aromatic rings. The Kier molecular flexibility index (Phi) is 3.42. The maximum absolute atomic E-state index is 8.83. The smallest absolute Gasteiger partial charge is 0.258 e. The van der Waals surface area contributed by atoms with Crippen molar-refractivity contribution in [1.29, 1.82) is 5.26 Å². The Morgan fingerprint density at radius 2 is 2.22 bits per heavy atom. The highest BCUT2D eigenvalue weighted by atomic mass is 16.5. The first-order chi connectivity index (χ1) is 8.65. The van der Waals surface area contributed by atoms with Gasteiger partial charge in [-0.3, -0.25) is 0 Å². The van der Waals surface area contributed by atoms with Gasteiger partial charge in [0.05, 0.1) is 11.6 Å². The van der Waals surface area contributed by atoms with E-state index in [0.29, 0.717) is 17.4 Å². The van der Waals surface area contributed by atoms with E-state index in [1.54, 1.807) is 6.07 Å². The summed E-state index contributed by atoms with van der Waals surface area (Å²) in [7, 11) is 0. The molecule has 0 radical (unpaired) electrons. The molecule has 0 bridgehead atoms. The van der Waals surface area contributed by atoms with Crippen molar-refractivity contribution >= 4 is 0 Å². The molecule has 1 aromatic carbocycles. The zero-order chi connectivity index (χ0) is 13.1. The third-order valence-corrected chi connectivity index (χ3v) is 3.08. The Bertz CT molecular complexity index is 595. The molecule has 0 aliphatic rings. The fourth-order valence-electron chi connectivity index (χ4n) is 1.70. The first-order valence-electron chi connectivity index (χ1n) is 6.00. The summed E-state index contributed by atoms with van der Waals surface area (Å²) in [5.74, 6) is 1.55. The number of hydrogen-bond donors (Lipinski definition) is 0. The molecule has 92 valence electrons. The maximum Gasteiger partial charge on any atom is 0.258 e.